The van der Waals surface area contributed by atoms with E-state index in [1.165, 1.54) is 12.5 Å². The van der Waals surface area contributed by atoms with Gasteiger partial charge in [0.2, 0.25) is 15.9 Å². The van der Waals surface area contributed by atoms with Gasteiger partial charge < -0.3 is 4.74 Å². The van der Waals surface area contributed by atoms with Crippen molar-refractivity contribution in [3.63, 3.8) is 0 Å². The molecule has 1 saturated carbocycles. The number of aromatic nitrogens is 1. The summed E-state index contributed by atoms with van der Waals surface area (Å²) < 4.78 is 60.0. The second-order valence-electron chi connectivity index (χ2n) is 4.01. The molecule has 0 radical (unpaired) electrons. The number of hydrogen-bond acceptors (Lipinski definition) is 5. The van der Waals surface area contributed by atoms with Crippen LogP contribution in [0.2, 0.25) is 0 Å². The van der Waals surface area contributed by atoms with E-state index in [9.17, 15) is 17.2 Å². The molecular weight excluding hydrogens is 286 g/mol. The first-order valence-corrected chi connectivity index (χ1v) is 7.56. The number of methoxy groups -OCH3 is 1. The van der Waals surface area contributed by atoms with Crippen molar-refractivity contribution < 1.29 is 21.9 Å². The lowest BCUT2D eigenvalue weighted by atomic mass is 10.2. The summed E-state index contributed by atoms with van der Waals surface area (Å²) in [4.78, 5) is -0.193. The van der Waals surface area contributed by atoms with E-state index in [-0.39, 0.29) is 16.7 Å². The number of rotatable bonds is 6. The molecule has 1 aliphatic carbocycles. The largest absolute Gasteiger partial charge is 0.479 e. The maximum Gasteiger partial charge on any atom is 0.255 e. The monoisotopic (exact) mass is 298 g/mol. The molecule has 1 atom stereocenters. The molecule has 0 aromatic carbocycles. The van der Waals surface area contributed by atoms with Gasteiger partial charge in [0.25, 0.3) is 6.43 Å². The Morgan fingerprint density at radius 1 is 1.56 bits per heavy atom. The summed E-state index contributed by atoms with van der Waals surface area (Å²) in [5.74, 6) is -0.353. The van der Waals surface area contributed by atoms with Crippen LogP contribution in [0.3, 0.4) is 0 Å². The molecule has 0 saturated heterocycles. The van der Waals surface area contributed by atoms with Crippen LogP contribution in [0, 0.1) is 5.92 Å². The summed E-state index contributed by atoms with van der Waals surface area (Å²) in [6.45, 7) is 0. The topological polar surface area (TPSA) is 68.3 Å². The van der Waals surface area contributed by atoms with Crippen LogP contribution in [0.5, 0.6) is 5.88 Å². The molecule has 9 heteroatoms. The van der Waals surface area contributed by atoms with Crippen molar-refractivity contribution in [2.45, 2.75) is 30.2 Å². The summed E-state index contributed by atoms with van der Waals surface area (Å²) in [5, 5.41) is 1.26. The van der Waals surface area contributed by atoms with Crippen molar-refractivity contribution in [1.82, 2.24) is 9.10 Å². The Morgan fingerprint density at radius 2 is 2.22 bits per heavy atom. The molecule has 0 spiro atoms. The average Bonchev–Trinajstić information content (AvgIpc) is 3.01. The molecule has 0 bridgehead atoms. The van der Waals surface area contributed by atoms with Gasteiger partial charge in [-0.05, 0) is 30.3 Å². The number of halogens is 2. The van der Waals surface area contributed by atoms with E-state index in [0.717, 1.165) is 11.5 Å². The maximum absolute atomic E-state index is 12.8. The van der Waals surface area contributed by atoms with Gasteiger partial charge in [-0.25, -0.2) is 21.9 Å². The van der Waals surface area contributed by atoms with Gasteiger partial charge in [-0.15, -0.1) is 0 Å². The van der Waals surface area contributed by atoms with Crippen molar-refractivity contribution in [1.29, 1.82) is 0 Å². The second kappa shape index (κ2) is 5.06. The summed E-state index contributed by atoms with van der Waals surface area (Å²) in [6.07, 6.45) is -1.47. The van der Waals surface area contributed by atoms with Gasteiger partial charge in [0.15, 0.2) is 4.90 Å². The molecule has 2 rings (SSSR count). The predicted molar refractivity (Wildman–Crippen MR) is 61.5 cm³/mol. The van der Waals surface area contributed by atoms with E-state index < -0.39 is 22.5 Å². The van der Waals surface area contributed by atoms with Crippen molar-refractivity contribution in [3.8, 4) is 5.88 Å². The molecule has 1 unspecified atom stereocenters. The second-order valence-corrected chi connectivity index (χ2v) is 6.32. The Kier molecular flexibility index (Phi) is 3.83. The maximum atomic E-state index is 12.8. The molecule has 1 N–H and O–H groups in total. The fourth-order valence-corrected chi connectivity index (χ4v) is 3.94. The third-order valence-corrected chi connectivity index (χ3v) is 4.90. The minimum Gasteiger partial charge on any atom is -0.479 e. The van der Waals surface area contributed by atoms with Gasteiger partial charge in [-0.3, -0.25) is 0 Å². The van der Waals surface area contributed by atoms with Crippen LogP contribution in [-0.4, -0.2) is 32.4 Å². The third-order valence-electron chi connectivity index (χ3n) is 2.68. The number of alkyl halides is 2. The van der Waals surface area contributed by atoms with Crippen LogP contribution < -0.4 is 9.46 Å². The molecular formula is C9H12F2N2O3S2. The fraction of sp³-hybridized carbons (Fsp3) is 0.667. The van der Waals surface area contributed by atoms with Gasteiger partial charge >= 0.3 is 0 Å². The van der Waals surface area contributed by atoms with E-state index in [1.54, 1.807) is 0 Å². The van der Waals surface area contributed by atoms with E-state index in [4.69, 9.17) is 4.74 Å². The SMILES string of the molecule is COc1nscc1S(=O)(=O)NC(C(F)F)C1CC1. The summed E-state index contributed by atoms with van der Waals surface area (Å²) in [5.41, 5.74) is 0. The van der Waals surface area contributed by atoms with Crippen molar-refractivity contribution >= 4 is 21.6 Å². The highest BCUT2D eigenvalue weighted by atomic mass is 32.2. The number of ether oxygens (including phenoxy) is 1. The highest BCUT2D eigenvalue weighted by Crippen LogP contribution is 2.36. The molecule has 1 aromatic rings. The van der Waals surface area contributed by atoms with Crippen LogP contribution in [-0.2, 0) is 10.0 Å². The van der Waals surface area contributed by atoms with Crippen molar-refractivity contribution in [3.05, 3.63) is 5.38 Å². The standard InChI is InChI=1S/C9H12F2N2O3S2/c1-16-9-6(4-17-12-9)18(14,15)13-7(8(10)11)5-2-3-5/h4-5,7-8,13H,2-3H2,1H3. The highest BCUT2D eigenvalue weighted by molar-refractivity contribution is 7.89. The van der Waals surface area contributed by atoms with Crippen LogP contribution >= 0.6 is 11.5 Å². The molecule has 1 aromatic heterocycles. The van der Waals surface area contributed by atoms with Crippen LogP contribution in [0.25, 0.3) is 0 Å². The smallest absolute Gasteiger partial charge is 0.255 e. The predicted octanol–water partition coefficient (Wildman–Crippen LogP) is 1.47. The zero-order valence-corrected chi connectivity index (χ0v) is 11.1. The van der Waals surface area contributed by atoms with Crippen LogP contribution in [0.1, 0.15) is 12.8 Å². The minimum absolute atomic E-state index is 0.0729. The van der Waals surface area contributed by atoms with E-state index >= 15 is 0 Å². The highest BCUT2D eigenvalue weighted by Gasteiger charge is 2.40. The van der Waals surface area contributed by atoms with E-state index in [2.05, 4.69) is 4.37 Å². The first kappa shape index (κ1) is 13.6. The molecule has 5 nitrogen and oxygen atoms in total. The number of nitrogens with one attached hydrogen (secondary N) is 1. The first-order chi connectivity index (χ1) is 8.45. The van der Waals surface area contributed by atoms with Gasteiger partial charge in [0.1, 0.15) is 0 Å². The Morgan fingerprint density at radius 3 is 2.72 bits per heavy atom. The molecule has 18 heavy (non-hydrogen) atoms. The summed E-state index contributed by atoms with van der Waals surface area (Å²) in [6, 6.07) is -1.33. The number of hydrogen-bond donors (Lipinski definition) is 1. The average molecular weight is 298 g/mol. The molecule has 1 aliphatic rings. The Bertz CT molecular complexity index is 512. The lowest BCUT2D eigenvalue weighted by Gasteiger charge is -2.16. The normalized spacial score (nSPS) is 18.0. The van der Waals surface area contributed by atoms with Crippen LogP contribution in [0.15, 0.2) is 10.3 Å². The molecule has 1 fully saturated rings. The zero-order valence-electron chi connectivity index (χ0n) is 9.47. The van der Waals surface area contributed by atoms with Crippen molar-refractivity contribution in [2.24, 2.45) is 5.92 Å². The van der Waals surface area contributed by atoms with E-state index in [0.29, 0.717) is 12.8 Å². The molecule has 102 valence electrons. The lowest BCUT2D eigenvalue weighted by molar-refractivity contribution is 0.0989. The van der Waals surface area contributed by atoms with Gasteiger partial charge in [0, 0.05) is 5.38 Å². The van der Waals surface area contributed by atoms with Crippen molar-refractivity contribution in [2.75, 3.05) is 7.11 Å². The Labute approximate surface area is 107 Å². The molecule has 0 amide bonds. The number of sulfonamides is 1. The Balaban J connectivity index is 2.20. The van der Waals surface area contributed by atoms with E-state index in [1.807, 2.05) is 4.72 Å². The van der Waals surface area contributed by atoms with Gasteiger partial charge in [0.05, 0.1) is 13.2 Å². The lowest BCUT2D eigenvalue weighted by Crippen LogP contribution is -2.41. The fourth-order valence-electron chi connectivity index (χ4n) is 1.59. The van der Waals surface area contributed by atoms with Gasteiger partial charge in [-0.1, -0.05) is 0 Å². The zero-order chi connectivity index (χ0) is 13.3. The molecule has 0 aliphatic heterocycles. The molecule has 1 heterocycles. The van der Waals surface area contributed by atoms with Crippen LogP contribution in [0.4, 0.5) is 8.78 Å². The van der Waals surface area contributed by atoms with Gasteiger partial charge in [-0.2, -0.15) is 4.37 Å². The minimum atomic E-state index is -4.02. The summed E-state index contributed by atoms with van der Waals surface area (Å²) in [7, 11) is -2.74. The number of nitrogens with zero attached hydrogens (tertiary/aromatic N) is 1. The quantitative estimate of drug-likeness (QED) is 0.863. The Hall–Kier alpha value is -0.800. The summed E-state index contributed by atoms with van der Waals surface area (Å²) >= 11 is 0.896. The first-order valence-electron chi connectivity index (χ1n) is 5.24. The third kappa shape index (κ3) is 2.78.